The maximum absolute atomic E-state index is 2.35. The summed E-state index contributed by atoms with van der Waals surface area (Å²) in [5.74, 6) is 0. The van der Waals surface area contributed by atoms with E-state index in [4.69, 9.17) is 0 Å². The maximum atomic E-state index is 2.35. The molecular weight excluding hydrogens is 232 g/mol. The first-order chi connectivity index (χ1) is 8.50. The molecule has 2 aromatic carbocycles. The first kappa shape index (κ1) is 13.1. The predicted molar refractivity (Wildman–Crippen MR) is 80.8 cm³/mol. The second-order valence-corrected chi connectivity index (χ2v) is 7.44. The third kappa shape index (κ3) is 2.73. The third-order valence-electron chi connectivity index (χ3n) is 3.51. The van der Waals surface area contributed by atoms with Gasteiger partial charge >= 0.3 is 0 Å². The Morgan fingerprint density at radius 2 is 1.50 bits per heavy atom. The molecule has 0 heterocycles. The molecule has 1 heteroatoms. The van der Waals surface area contributed by atoms with Crippen LogP contribution in [-0.2, 0) is 5.04 Å². The number of rotatable bonds is 3. The fraction of sp³-hybridized carbons (Fsp3) is 0.294. The van der Waals surface area contributed by atoms with Crippen LogP contribution >= 0.6 is 0 Å². The Labute approximate surface area is 113 Å². The van der Waals surface area contributed by atoms with Gasteiger partial charge in [0.15, 0.2) is 0 Å². The number of hydrogen-bond acceptors (Lipinski definition) is 0. The minimum absolute atomic E-state index is 0.206. The number of aryl methyl sites for hydroxylation is 1. The minimum atomic E-state index is 0.206. The van der Waals surface area contributed by atoms with Gasteiger partial charge in [0.25, 0.3) is 0 Å². The zero-order valence-corrected chi connectivity index (χ0v) is 12.6. The summed E-state index contributed by atoms with van der Waals surface area (Å²) in [4.78, 5) is 0. The topological polar surface area (TPSA) is 0 Å². The molecule has 0 aliphatic rings. The van der Waals surface area contributed by atoms with E-state index in [0.717, 1.165) is 9.52 Å². The van der Waals surface area contributed by atoms with Crippen molar-refractivity contribution in [2.75, 3.05) is 0 Å². The van der Waals surface area contributed by atoms with Crippen molar-refractivity contribution in [2.24, 2.45) is 0 Å². The molecule has 0 saturated heterocycles. The van der Waals surface area contributed by atoms with Crippen molar-refractivity contribution in [1.29, 1.82) is 0 Å². The van der Waals surface area contributed by atoms with Crippen LogP contribution in [0.25, 0.3) is 0 Å². The lowest BCUT2D eigenvalue weighted by atomic mass is 9.94. The summed E-state index contributed by atoms with van der Waals surface area (Å²) in [5.41, 5.74) is 4.30. The van der Waals surface area contributed by atoms with Gasteiger partial charge in [0.2, 0.25) is 0 Å². The van der Waals surface area contributed by atoms with E-state index >= 15 is 0 Å². The molecule has 0 saturated carbocycles. The highest BCUT2D eigenvalue weighted by atomic mass is 28.2. The summed E-state index contributed by atoms with van der Waals surface area (Å²) in [6.07, 6.45) is 0. The number of hydrogen-bond donors (Lipinski definition) is 0. The van der Waals surface area contributed by atoms with Crippen molar-refractivity contribution in [3.8, 4) is 0 Å². The van der Waals surface area contributed by atoms with E-state index in [1.54, 1.807) is 0 Å². The molecule has 2 aromatic rings. The Morgan fingerprint density at radius 3 is 2.17 bits per heavy atom. The van der Waals surface area contributed by atoms with E-state index in [1.807, 2.05) is 0 Å². The van der Waals surface area contributed by atoms with Crippen LogP contribution in [0.2, 0.25) is 0 Å². The van der Waals surface area contributed by atoms with Gasteiger partial charge < -0.3 is 0 Å². The van der Waals surface area contributed by atoms with Gasteiger partial charge in [-0.2, -0.15) is 0 Å². The summed E-state index contributed by atoms with van der Waals surface area (Å²) < 4.78 is 0. The average molecular weight is 252 g/mol. The van der Waals surface area contributed by atoms with Crippen LogP contribution in [0, 0.1) is 13.8 Å². The molecule has 0 N–H and O–H groups in total. The quantitative estimate of drug-likeness (QED) is 0.733. The van der Waals surface area contributed by atoms with Gasteiger partial charge in [0.1, 0.15) is 0 Å². The molecule has 0 spiro atoms. The molecule has 0 atom stereocenters. The Morgan fingerprint density at radius 1 is 0.833 bits per heavy atom. The Bertz CT molecular complexity index is 527. The van der Waals surface area contributed by atoms with Gasteiger partial charge in [-0.25, -0.2) is 0 Å². The fourth-order valence-corrected chi connectivity index (χ4v) is 3.86. The monoisotopic (exact) mass is 252 g/mol. The fourth-order valence-electron chi connectivity index (χ4n) is 2.38. The summed E-state index contributed by atoms with van der Waals surface area (Å²) in [6.45, 7) is 9.13. The van der Waals surface area contributed by atoms with Crippen molar-refractivity contribution in [3.05, 3.63) is 65.2 Å². The molecule has 0 nitrogen and oxygen atoms in total. The van der Waals surface area contributed by atoms with Gasteiger partial charge in [-0.3, -0.25) is 0 Å². The molecule has 0 bridgehead atoms. The van der Waals surface area contributed by atoms with Gasteiger partial charge in [0, 0.05) is 0 Å². The molecule has 0 aromatic heterocycles. The summed E-state index contributed by atoms with van der Waals surface area (Å²) >= 11 is 0. The van der Waals surface area contributed by atoms with Gasteiger partial charge in [-0.15, -0.1) is 0 Å². The highest BCUT2D eigenvalue weighted by Gasteiger charge is 2.24. The SMILES string of the molecule is Cc1cccc(C(C)(C)[Si]c2ccccc2)c1C. The summed E-state index contributed by atoms with van der Waals surface area (Å²) in [5, 5.41) is 1.64. The maximum Gasteiger partial charge on any atom is 0.0924 e. The van der Waals surface area contributed by atoms with Gasteiger partial charge in [0.05, 0.1) is 9.52 Å². The van der Waals surface area contributed by atoms with E-state index in [9.17, 15) is 0 Å². The molecule has 0 fully saturated rings. The predicted octanol–water partition coefficient (Wildman–Crippen LogP) is 3.57. The van der Waals surface area contributed by atoms with E-state index in [0.29, 0.717) is 0 Å². The van der Waals surface area contributed by atoms with Crippen molar-refractivity contribution in [1.82, 2.24) is 0 Å². The van der Waals surface area contributed by atoms with E-state index in [2.05, 4.69) is 76.2 Å². The second-order valence-electron chi connectivity index (χ2n) is 5.36. The van der Waals surface area contributed by atoms with Crippen LogP contribution in [-0.4, -0.2) is 9.52 Å². The van der Waals surface area contributed by atoms with Crippen LogP contribution in [0.3, 0.4) is 0 Å². The smallest absolute Gasteiger partial charge is 0.0635 e. The van der Waals surface area contributed by atoms with Crippen LogP contribution < -0.4 is 5.19 Å². The zero-order valence-electron chi connectivity index (χ0n) is 11.6. The molecule has 92 valence electrons. The molecule has 0 amide bonds. The lowest BCUT2D eigenvalue weighted by Gasteiger charge is -2.27. The van der Waals surface area contributed by atoms with E-state index < -0.39 is 0 Å². The third-order valence-corrected chi connectivity index (χ3v) is 5.02. The Kier molecular flexibility index (Phi) is 3.72. The average Bonchev–Trinajstić information content (AvgIpc) is 2.33. The van der Waals surface area contributed by atoms with Gasteiger partial charge in [-0.1, -0.05) is 67.6 Å². The molecule has 18 heavy (non-hydrogen) atoms. The molecule has 0 unspecified atom stereocenters. The highest BCUT2D eigenvalue weighted by molar-refractivity contribution is 6.56. The van der Waals surface area contributed by atoms with Crippen molar-refractivity contribution < 1.29 is 0 Å². The second kappa shape index (κ2) is 5.11. The lowest BCUT2D eigenvalue weighted by molar-refractivity contribution is 0.747. The Hall–Kier alpha value is -1.34. The minimum Gasteiger partial charge on any atom is -0.0635 e. The van der Waals surface area contributed by atoms with E-state index in [1.165, 1.54) is 21.9 Å². The van der Waals surface area contributed by atoms with Crippen LogP contribution in [0.15, 0.2) is 48.5 Å². The summed E-state index contributed by atoms with van der Waals surface area (Å²) in [7, 11) is 0.801. The summed E-state index contributed by atoms with van der Waals surface area (Å²) in [6, 6.07) is 17.4. The largest absolute Gasteiger partial charge is 0.0924 e. The molecule has 0 aliphatic carbocycles. The Balaban J connectivity index is 2.33. The standard InChI is InChI=1S/C17H20Si/c1-13-9-8-12-16(14(13)2)17(3,4)18-15-10-6-5-7-11-15/h5-12H,1-4H3. The van der Waals surface area contributed by atoms with E-state index in [-0.39, 0.29) is 5.04 Å². The molecular formula is C17H20Si. The van der Waals surface area contributed by atoms with Crippen molar-refractivity contribution in [2.45, 2.75) is 32.7 Å². The zero-order chi connectivity index (χ0) is 13.2. The molecule has 2 rings (SSSR count). The lowest BCUT2D eigenvalue weighted by Crippen LogP contribution is -2.35. The molecule has 2 radical (unpaired) electrons. The number of benzene rings is 2. The van der Waals surface area contributed by atoms with Crippen LogP contribution in [0.1, 0.15) is 30.5 Å². The molecule has 0 aliphatic heterocycles. The first-order valence-corrected chi connectivity index (χ1v) is 7.40. The van der Waals surface area contributed by atoms with Crippen LogP contribution in [0.5, 0.6) is 0 Å². The first-order valence-electron chi connectivity index (χ1n) is 6.40. The van der Waals surface area contributed by atoms with Crippen molar-refractivity contribution >= 4 is 14.7 Å². The van der Waals surface area contributed by atoms with Gasteiger partial charge in [-0.05, 0) is 35.6 Å². The van der Waals surface area contributed by atoms with Crippen molar-refractivity contribution in [3.63, 3.8) is 0 Å². The highest BCUT2D eigenvalue weighted by Crippen LogP contribution is 2.26. The normalized spacial score (nSPS) is 11.6. The van der Waals surface area contributed by atoms with Crippen LogP contribution in [0.4, 0.5) is 0 Å².